The van der Waals surface area contributed by atoms with E-state index >= 15 is 0 Å². The number of benzene rings is 1. The number of rotatable bonds is 2. The molecular formula is C14H15F2N3. The first-order chi connectivity index (χ1) is 9.16. The largest absolute Gasteiger partial charge is 0.309 e. The van der Waals surface area contributed by atoms with Crippen molar-refractivity contribution in [1.82, 2.24) is 15.5 Å². The molecule has 0 bridgehead atoms. The Balaban J connectivity index is 2.08. The van der Waals surface area contributed by atoms with Crippen LogP contribution in [0, 0.1) is 18.6 Å². The predicted octanol–water partition coefficient (Wildman–Crippen LogP) is 3.09. The van der Waals surface area contributed by atoms with Crippen LogP contribution in [0.25, 0.3) is 11.1 Å². The molecule has 0 saturated carbocycles. The summed E-state index contributed by atoms with van der Waals surface area (Å²) in [6, 6.07) is 4.16. The molecule has 19 heavy (non-hydrogen) atoms. The van der Waals surface area contributed by atoms with Crippen molar-refractivity contribution in [2.75, 3.05) is 6.54 Å². The second-order valence-electron chi connectivity index (χ2n) is 4.89. The molecule has 3 nitrogen and oxygen atoms in total. The first-order valence-corrected chi connectivity index (χ1v) is 6.40. The molecule has 3 rings (SSSR count). The van der Waals surface area contributed by atoms with Crippen LogP contribution in [0.15, 0.2) is 18.2 Å². The van der Waals surface area contributed by atoms with Crippen molar-refractivity contribution in [3.8, 4) is 11.1 Å². The summed E-state index contributed by atoms with van der Waals surface area (Å²) in [5.41, 5.74) is 3.29. The first kappa shape index (κ1) is 12.3. The quantitative estimate of drug-likeness (QED) is 0.874. The molecular weight excluding hydrogens is 248 g/mol. The molecule has 2 heterocycles. The lowest BCUT2D eigenvalue weighted by molar-refractivity contribution is 0.509. The molecule has 1 saturated heterocycles. The molecule has 1 atom stereocenters. The second-order valence-corrected chi connectivity index (χ2v) is 4.89. The van der Waals surface area contributed by atoms with Crippen LogP contribution in [-0.4, -0.2) is 16.7 Å². The van der Waals surface area contributed by atoms with Gasteiger partial charge in [-0.05, 0) is 44.0 Å². The van der Waals surface area contributed by atoms with Crippen molar-refractivity contribution in [1.29, 1.82) is 0 Å². The Hall–Kier alpha value is -1.75. The van der Waals surface area contributed by atoms with E-state index in [9.17, 15) is 8.78 Å². The molecule has 0 amide bonds. The highest BCUT2D eigenvalue weighted by Crippen LogP contribution is 2.33. The molecule has 1 fully saturated rings. The average Bonchev–Trinajstić information content (AvgIpc) is 3.01. The van der Waals surface area contributed by atoms with Gasteiger partial charge < -0.3 is 5.32 Å². The van der Waals surface area contributed by atoms with E-state index in [0.717, 1.165) is 42.4 Å². The lowest BCUT2D eigenvalue weighted by Gasteiger charge is -2.11. The molecule has 1 aromatic heterocycles. The number of nitrogens with one attached hydrogen (secondary N) is 2. The predicted molar refractivity (Wildman–Crippen MR) is 68.7 cm³/mol. The smallest absolute Gasteiger partial charge is 0.159 e. The van der Waals surface area contributed by atoms with Crippen LogP contribution in [0.1, 0.15) is 30.3 Å². The summed E-state index contributed by atoms with van der Waals surface area (Å²) in [5.74, 6) is -1.66. The van der Waals surface area contributed by atoms with Gasteiger partial charge in [0.05, 0.1) is 11.7 Å². The van der Waals surface area contributed by atoms with Crippen LogP contribution in [0.3, 0.4) is 0 Å². The van der Waals surface area contributed by atoms with E-state index in [-0.39, 0.29) is 6.04 Å². The van der Waals surface area contributed by atoms with E-state index in [0.29, 0.717) is 5.56 Å². The summed E-state index contributed by atoms with van der Waals surface area (Å²) in [4.78, 5) is 0. The SMILES string of the molecule is Cc1[nH]nc(C2CCCN2)c1-c1ccc(F)c(F)c1. The van der Waals surface area contributed by atoms with Crippen LogP contribution in [0.5, 0.6) is 0 Å². The van der Waals surface area contributed by atoms with Gasteiger partial charge in [-0.25, -0.2) is 8.78 Å². The van der Waals surface area contributed by atoms with E-state index in [4.69, 9.17) is 0 Å². The number of hydrogen-bond acceptors (Lipinski definition) is 2. The van der Waals surface area contributed by atoms with Crippen molar-refractivity contribution < 1.29 is 8.78 Å². The Kier molecular flexibility index (Phi) is 3.06. The highest BCUT2D eigenvalue weighted by atomic mass is 19.2. The fraction of sp³-hybridized carbons (Fsp3) is 0.357. The number of aryl methyl sites for hydroxylation is 1. The third-order valence-corrected chi connectivity index (χ3v) is 3.57. The number of nitrogens with zero attached hydrogens (tertiary/aromatic N) is 1. The Morgan fingerprint density at radius 3 is 2.79 bits per heavy atom. The molecule has 2 N–H and O–H groups in total. The minimum atomic E-state index is -0.830. The van der Waals surface area contributed by atoms with Gasteiger partial charge in [-0.1, -0.05) is 6.07 Å². The number of H-pyrrole nitrogens is 1. The van der Waals surface area contributed by atoms with Gasteiger partial charge in [0.15, 0.2) is 11.6 Å². The van der Waals surface area contributed by atoms with E-state index in [1.807, 2.05) is 6.92 Å². The van der Waals surface area contributed by atoms with Gasteiger partial charge in [-0.15, -0.1) is 0 Å². The first-order valence-electron chi connectivity index (χ1n) is 6.40. The maximum absolute atomic E-state index is 13.4. The Bertz CT molecular complexity index is 601. The van der Waals surface area contributed by atoms with Crippen molar-refractivity contribution in [2.24, 2.45) is 0 Å². The van der Waals surface area contributed by atoms with Crippen molar-refractivity contribution in [3.63, 3.8) is 0 Å². The fourth-order valence-electron chi connectivity index (χ4n) is 2.63. The van der Waals surface area contributed by atoms with E-state index in [1.54, 1.807) is 6.07 Å². The number of aromatic nitrogens is 2. The summed E-state index contributed by atoms with van der Waals surface area (Å²) < 4.78 is 26.4. The molecule has 5 heteroatoms. The van der Waals surface area contributed by atoms with Crippen LogP contribution >= 0.6 is 0 Å². The summed E-state index contributed by atoms with van der Waals surface area (Å²) in [7, 11) is 0. The minimum absolute atomic E-state index is 0.188. The van der Waals surface area contributed by atoms with Gasteiger partial charge in [0, 0.05) is 11.3 Å². The topological polar surface area (TPSA) is 40.7 Å². The Labute approximate surface area is 110 Å². The van der Waals surface area contributed by atoms with Gasteiger partial charge in [0.1, 0.15) is 0 Å². The van der Waals surface area contributed by atoms with E-state index in [1.165, 1.54) is 6.07 Å². The van der Waals surface area contributed by atoms with Crippen molar-refractivity contribution >= 4 is 0 Å². The highest BCUT2D eigenvalue weighted by Gasteiger charge is 2.24. The van der Waals surface area contributed by atoms with Crippen LogP contribution in [0.2, 0.25) is 0 Å². The van der Waals surface area contributed by atoms with Gasteiger partial charge in [0.2, 0.25) is 0 Å². The summed E-state index contributed by atoms with van der Waals surface area (Å²) in [6.07, 6.45) is 2.12. The van der Waals surface area contributed by atoms with Crippen LogP contribution < -0.4 is 5.32 Å². The van der Waals surface area contributed by atoms with Crippen molar-refractivity contribution in [3.05, 3.63) is 41.2 Å². The monoisotopic (exact) mass is 263 g/mol. The van der Waals surface area contributed by atoms with Gasteiger partial charge >= 0.3 is 0 Å². The number of halogens is 2. The van der Waals surface area contributed by atoms with Gasteiger partial charge in [-0.2, -0.15) is 5.10 Å². The molecule has 0 aliphatic carbocycles. The maximum Gasteiger partial charge on any atom is 0.159 e. The zero-order chi connectivity index (χ0) is 13.4. The molecule has 0 radical (unpaired) electrons. The Morgan fingerprint density at radius 1 is 1.26 bits per heavy atom. The molecule has 100 valence electrons. The van der Waals surface area contributed by atoms with E-state index in [2.05, 4.69) is 15.5 Å². The summed E-state index contributed by atoms with van der Waals surface area (Å²) >= 11 is 0. The third kappa shape index (κ3) is 2.14. The lowest BCUT2D eigenvalue weighted by atomic mass is 9.99. The standard InChI is InChI=1S/C14H15F2N3/c1-8-13(9-4-5-10(15)11(16)7-9)14(19-18-8)12-3-2-6-17-12/h4-5,7,12,17H,2-3,6H2,1H3,(H,18,19). The number of hydrogen-bond donors (Lipinski definition) is 2. The molecule has 1 aliphatic rings. The average molecular weight is 263 g/mol. The number of aromatic amines is 1. The zero-order valence-electron chi connectivity index (χ0n) is 10.6. The molecule has 0 spiro atoms. The molecule has 1 aromatic carbocycles. The minimum Gasteiger partial charge on any atom is -0.309 e. The summed E-state index contributed by atoms with van der Waals surface area (Å²) in [6.45, 7) is 2.86. The van der Waals surface area contributed by atoms with Gasteiger partial charge in [0.25, 0.3) is 0 Å². The molecule has 1 aliphatic heterocycles. The summed E-state index contributed by atoms with van der Waals surface area (Å²) in [5, 5.41) is 10.6. The van der Waals surface area contributed by atoms with Gasteiger partial charge in [-0.3, -0.25) is 5.10 Å². The Morgan fingerprint density at radius 2 is 2.11 bits per heavy atom. The fourth-order valence-corrected chi connectivity index (χ4v) is 2.63. The zero-order valence-corrected chi connectivity index (χ0v) is 10.6. The van der Waals surface area contributed by atoms with E-state index < -0.39 is 11.6 Å². The normalized spacial score (nSPS) is 19.0. The molecule has 2 aromatic rings. The lowest BCUT2D eigenvalue weighted by Crippen LogP contribution is -2.14. The van der Waals surface area contributed by atoms with Crippen molar-refractivity contribution in [2.45, 2.75) is 25.8 Å². The van der Waals surface area contributed by atoms with Crippen LogP contribution in [-0.2, 0) is 0 Å². The maximum atomic E-state index is 13.4. The highest BCUT2D eigenvalue weighted by molar-refractivity contribution is 5.69. The third-order valence-electron chi connectivity index (χ3n) is 3.57. The molecule has 1 unspecified atom stereocenters. The second kappa shape index (κ2) is 4.74. The van der Waals surface area contributed by atoms with Crippen LogP contribution in [0.4, 0.5) is 8.78 Å².